The van der Waals surface area contributed by atoms with Gasteiger partial charge in [-0.15, -0.1) is 0 Å². The summed E-state index contributed by atoms with van der Waals surface area (Å²) in [5, 5.41) is 0. The molecule has 0 aliphatic rings. The lowest BCUT2D eigenvalue weighted by molar-refractivity contribution is 1.14. The zero-order chi connectivity index (χ0) is 14.4. The van der Waals surface area contributed by atoms with Crippen LogP contribution in [0, 0.1) is 20.8 Å². The molecule has 102 valence electrons. The van der Waals surface area contributed by atoms with Gasteiger partial charge in [-0.3, -0.25) is 0 Å². The summed E-state index contributed by atoms with van der Waals surface area (Å²) in [6.07, 6.45) is 4.12. The van der Waals surface area contributed by atoms with Crippen LogP contribution in [0.4, 0.5) is 0 Å². The standard InChI is InChI=1S/C16H14Br2N2/c1-9-4-5-12(10(2)6-9)14-8-20-7-13(17)11(3)15(18)16(20)19-14/h4-8H,1-3H3. The van der Waals surface area contributed by atoms with Crippen LogP contribution in [0.3, 0.4) is 0 Å². The fraction of sp³-hybridized carbons (Fsp3) is 0.188. The molecule has 0 fully saturated rings. The van der Waals surface area contributed by atoms with Crippen LogP contribution in [-0.4, -0.2) is 9.38 Å². The molecular weight excluding hydrogens is 380 g/mol. The molecule has 2 heterocycles. The molecule has 3 rings (SSSR count). The number of nitrogens with zero attached hydrogens (tertiary/aromatic N) is 2. The Labute approximate surface area is 135 Å². The van der Waals surface area contributed by atoms with E-state index in [-0.39, 0.29) is 0 Å². The zero-order valence-electron chi connectivity index (χ0n) is 11.5. The van der Waals surface area contributed by atoms with Crippen molar-refractivity contribution in [2.24, 2.45) is 0 Å². The van der Waals surface area contributed by atoms with Crippen molar-refractivity contribution in [1.29, 1.82) is 0 Å². The Morgan fingerprint density at radius 2 is 1.80 bits per heavy atom. The van der Waals surface area contributed by atoms with E-state index in [0.29, 0.717) is 0 Å². The van der Waals surface area contributed by atoms with Gasteiger partial charge in [0.05, 0.1) is 10.2 Å². The summed E-state index contributed by atoms with van der Waals surface area (Å²) < 4.78 is 4.15. The molecule has 0 aliphatic carbocycles. The van der Waals surface area contributed by atoms with Crippen molar-refractivity contribution in [3.05, 3.63) is 56.2 Å². The highest BCUT2D eigenvalue weighted by molar-refractivity contribution is 9.11. The number of imidazole rings is 1. The van der Waals surface area contributed by atoms with Crippen LogP contribution in [0.2, 0.25) is 0 Å². The average Bonchev–Trinajstić information content (AvgIpc) is 2.80. The number of hydrogen-bond donors (Lipinski definition) is 0. The van der Waals surface area contributed by atoms with Crippen LogP contribution in [0.5, 0.6) is 0 Å². The monoisotopic (exact) mass is 392 g/mol. The Bertz CT molecular complexity index is 819. The molecule has 0 amide bonds. The molecule has 0 N–H and O–H groups in total. The van der Waals surface area contributed by atoms with Crippen LogP contribution >= 0.6 is 31.9 Å². The predicted octanol–water partition coefficient (Wildman–Crippen LogP) is 5.45. The van der Waals surface area contributed by atoms with Gasteiger partial charge in [0.25, 0.3) is 0 Å². The summed E-state index contributed by atoms with van der Waals surface area (Å²) in [5.74, 6) is 0. The van der Waals surface area contributed by atoms with Crippen molar-refractivity contribution in [1.82, 2.24) is 9.38 Å². The summed E-state index contributed by atoms with van der Waals surface area (Å²) in [6, 6.07) is 6.46. The quantitative estimate of drug-likeness (QED) is 0.537. The van der Waals surface area contributed by atoms with Gasteiger partial charge in [-0.25, -0.2) is 4.98 Å². The van der Waals surface area contributed by atoms with Gasteiger partial charge in [0, 0.05) is 22.4 Å². The maximum atomic E-state index is 4.77. The van der Waals surface area contributed by atoms with Crippen LogP contribution in [0.25, 0.3) is 16.9 Å². The minimum atomic E-state index is 0.945. The molecule has 0 saturated heterocycles. The van der Waals surface area contributed by atoms with Gasteiger partial charge < -0.3 is 4.40 Å². The van der Waals surface area contributed by atoms with Crippen molar-refractivity contribution < 1.29 is 0 Å². The molecule has 2 nitrogen and oxygen atoms in total. The van der Waals surface area contributed by atoms with Gasteiger partial charge >= 0.3 is 0 Å². The number of fused-ring (bicyclic) bond motifs is 1. The number of aryl methyl sites for hydroxylation is 2. The highest BCUT2D eigenvalue weighted by atomic mass is 79.9. The molecule has 0 atom stereocenters. The number of pyridine rings is 1. The van der Waals surface area contributed by atoms with Crippen LogP contribution in [-0.2, 0) is 0 Å². The maximum absolute atomic E-state index is 4.77. The fourth-order valence-corrected chi connectivity index (χ4v) is 3.57. The second-order valence-corrected chi connectivity index (χ2v) is 6.74. The second-order valence-electron chi connectivity index (χ2n) is 5.09. The first-order valence-corrected chi connectivity index (χ1v) is 7.97. The molecule has 0 spiro atoms. The molecule has 0 radical (unpaired) electrons. The van der Waals surface area contributed by atoms with E-state index in [1.54, 1.807) is 0 Å². The van der Waals surface area contributed by atoms with E-state index in [2.05, 4.69) is 87.6 Å². The Morgan fingerprint density at radius 3 is 2.50 bits per heavy atom. The smallest absolute Gasteiger partial charge is 0.152 e. The lowest BCUT2D eigenvalue weighted by Gasteiger charge is -2.03. The molecule has 0 saturated carbocycles. The summed E-state index contributed by atoms with van der Waals surface area (Å²) >= 11 is 7.21. The maximum Gasteiger partial charge on any atom is 0.152 e. The Balaban J connectivity index is 2.26. The molecule has 0 bridgehead atoms. The van der Waals surface area contributed by atoms with Crippen LogP contribution in [0.15, 0.2) is 39.5 Å². The van der Waals surface area contributed by atoms with Gasteiger partial charge in [0.15, 0.2) is 5.65 Å². The third-order valence-electron chi connectivity index (χ3n) is 3.53. The minimum Gasteiger partial charge on any atom is -0.304 e. The molecule has 1 aromatic carbocycles. The number of halogens is 2. The summed E-state index contributed by atoms with van der Waals surface area (Å²) in [6.45, 7) is 6.31. The average molecular weight is 394 g/mol. The molecule has 0 unspecified atom stereocenters. The van der Waals surface area contributed by atoms with Gasteiger partial charge in [0.2, 0.25) is 0 Å². The summed E-state index contributed by atoms with van der Waals surface area (Å²) in [5.41, 5.74) is 6.81. The van der Waals surface area contributed by atoms with Crippen molar-refractivity contribution >= 4 is 37.5 Å². The van der Waals surface area contributed by atoms with Crippen LogP contribution in [0.1, 0.15) is 16.7 Å². The normalized spacial score (nSPS) is 11.2. The van der Waals surface area contributed by atoms with E-state index < -0.39 is 0 Å². The largest absolute Gasteiger partial charge is 0.304 e. The molecule has 20 heavy (non-hydrogen) atoms. The zero-order valence-corrected chi connectivity index (χ0v) is 14.7. The third-order valence-corrected chi connectivity index (χ3v) is 5.28. The lowest BCUT2D eigenvalue weighted by atomic mass is 10.0. The topological polar surface area (TPSA) is 17.3 Å². The van der Waals surface area contributed by atoms with Gasteiger partial charge in [-0.1, -0.05) is 23.8 Å². The van der Waals surface area contributed by atoms with Gasteiger partial charge in [-0.2, -0.15) is 0 Å². The van der Waals surface area contributed by atoms with E-state index >= 15 is 0 Å². The van der Waals surface area contributed by atoms with E-state index in [1.807, 2.05) is 0 Å². The highest BCUT2D eigenvalue weighted by Crippen LogP contribution is 2.31. The second kappa shape index (κ2) is 5.01. The Kier molecular flexibility index (Phi) is 3.46. The van der Waals surface area contributed by atoms with E-state index in [4.69, 9.17) is 4.98 Å². The molecular formula is C16H14Br2N2. The van der Waals surface area contributed by atoms with E-state index in [1.165, 1.54) is 16.7 Å². The van der Waals surface area contributed by atoms with Crippen molar-refractivity contribution in [3.63, 3.8) is 0 Å². The molecule has 4 heteroatoms. The SMILES string of the molecule is Cc1ccc(-c2cn3cc(Br)c(C)c(Br)c3n2)c(C)c1. The number of aromatic nitrogens is 2. The highest BCUT2D eigenvalue weighted by Gasteiger charge is 2.12. The molecule has 2 aromatic heterocycles. The van der Waals surface area contributed by atoms with Crippen molar-refractivity contribution in [2.45, 2.75) is 20.8 Å². The van der Waals surface area contributed by atoms with Gasteiger partial charge in [0.1, 0.15) is 0 Å². The summed E-state index contributed by atoms with van der Waals surface area (Å²) in [7, 11) is 0. The molecule has 0 aliphatic heterocycles. The van der Waals surface area contributed by atoms with Gasteiger partial charge in [-0.05, 0) is 63.8 Å². The molecule has 3 aromatic rings. The Morgan fingerprint density at radius 1 is 1.05 bits per heavy atom. The van der Waals surface area contributed by atoms with Crippen LogP contribution < -0.4 is 0 Å². The first-order valence-electron chi connectivity index (χ1n) is 6.38. The third kappa shape index (κ3) is 2.21. The minimum absolute atomic E-state index is 0.945. The van der Waals surface area contributed by atoms with E-state index in [9.17, 15) is 0 Å². The lowest BCUT2D eigenvalue weighted by Crippen LogP contribution is -1.88. The Hall–Kier alpha value is -1.13. The first-order chi connectivity index (χ1) is 9.47. The van der Waals surface area contributed by atoms with Crippen molar-refractivity contribution in [2.75, 3.05) is 0 Å². The number of hydrogen-bond acceptors (Lipinski definition) is 1. The van der Waals surface area contributed by atoms with E-state index in [0.717, 1.165) is 25.8 Å². The number of benzene rings is 1. The predicted molar refractivity (Wildman–Crippen MR) is 90.2 cm³/mol. The fourth-order valence-electron chi connectivity index (χ4n) is 2.38. The van der Waals surface area contributed by atoms with Crippen molar-refractivity contribution in [3.8, 4) is 11.3 Å². The first kappa shape index (κ1) is 13.8. The number of rotatable bonds is 1. The summed E-state index contributed by atoms with van der Waals surface area (Å²) in [4.78, 5) is 4.77.